The molecule has 0 aliphatic carbocycles. The van der Waals surface area contributed by atoms with Crippen molar-refractivity contribution >= 4 is 23.4 Å². The Hall–Kier alpha value is -1.63. The molecule has 0 atom stereocenters. The van der Waals surface area contributed by atoms with Crippen molar-refractivity contribution in [2.24, 2.45) is 0 Å². The van der Waals surface area contributed by atoms with Crippen molar-refractivity contribution in [2.45, 2.75) is 13.0 Å². The number of morpholine rings is 1. The Morgan fingerprint density at radius 1 is 1.17 bits per heavy atom. The van der Waals surface area contributed by atoms with E-state index >= 15 is 0 Å². The number of hydrogen-bond donors (Lipinski definition) is 2. The Balaban J connectivity index is 1.60. The van der Waals surface area contributed by atoms with E-state index in [-0.39, 0.29) is 6.54 Å². The second-order valence-corrected chi connectivity index (χ2v) is 5.81. The van der Waals surface area contributed by atoms with Crippen LogP contribution in [0.3, 0.4) is 0 Å². The Morgan fingerprint density at radius 2 is 1.91 bits per heavy atom. The van der Waals surface area contributed by atoms with Gasteiger partial charge >= 0.3 is 11.8 Å². The normalized spacial score (nSPS) is 15.2. The second-order valence-electron chi connectivity index (χ2n) is 5.38. The van der Waals surface area contributed by atoms with Crippen molar-refractivity contribution in [3.8, 4) is 0 Å². The van der Waals surface area contributed by atoms with Crippen LogP contribution in [0.25, 0.3) is 0 Å². The number of amides is 2. The predicted molar refractivity (Wildman–Crippen MR) is 88.2 cm³/mol. The van der Waals surface area contributed by atoms with Gasteiger partial charge in [-0.05, 0) is 30.7 Å². The van der Waals surface area contributed by atoms with Gasteiger partial charge in [0.15, 0.2) is 0 Å². The molecule has 0 bridgehead atoms. The number of nitrogens with one attached hydrogen (secondary N) is 2. The molecule has 0 radical (unpaired) electrons. The van der Waals surface area contributed by atoms with Crippen LogP contribution in [0.2, 0.25) is 5.02 Å². The van der Waals surface area contributed by atoms with Gasteiger partial charge in [-0.15, -0.1) is 0 Å². The second kappa shape index (κ2) is 9.50. The van der Waals surface area contributed by atoms with Crippen LogP contribution in [0.15, 0.2) is 24.3 Å². The van der Waals surface area contributed by atoms with Gasteiger partial charge in [-0.3, -0.25) is 14.5 Å². The number of carbonyl (C=O) groups excluding carboxylic acids is 2. The average Bonchev–Trinajstić information content (AvgIpc) is 2.57. The number of nitrogens with zero attached hydrogens (tertiary/aromatic N) is 1. The predicted octanol–water partition coefficient (Wildman–Crippen LogP) is 0.795. The van der Waals surface area contributed by atoms with Gasteiger partial charge in [-0.2, -0.15) is 0 Å². The fourth-order valence-electron chi connectivity index (χ4n) is 2.32. The van der Waals surface area contributed by atoms with E-state index in [4.69, 9.17) is 16.3 Å². The zero-order valence-electron chi connectivity index (χ0n) is 13.0. The number of benzene rings is 1. The third-order valence-corrected chi connectivity index (χ3v) is 3.82. The molecule has 1 saturated heterocycles. The summed E-state index contributed by atoms with van der Waals surface area (Å²) in [7, 11) is 0. The zero-order chi connectivity index (χ0) is 16.5. The summed E-state index contributed by atoms with van der Waals surface area (Å²) in [5.41, 5.74) is 0.853. The molecule has 0 spiro atoms. The van der Waals surface area contributed by atoms with Gasteiger partial charge in [-0.25, -0.2) is 0 Å². The van der Waals surface area contributed by atoms with Crippen molar-refractivity contribution in [2.75, 3.05) is 39.4 Å². The van der Waals surface area contributed by atoms with E-state index < -0.39 is 11.8 Å². The lowest BCUT2D eigenvalue weighted by Gasteiger charge is -2.26. The molecule has 2 amide bonds. The van der Waals surface area contributed by atoms with Gasteiger partial charge in [0.1, 0.15) is 0 Å². The first-order chi connectivity index (χ1) is 11.1. The van der Waals surface area contributed by atoms with Crippen LogP contribution in [-0.2, 0) is 20.9 Å². The number of carbonyl (C=O) groups is 2. The van der Waals surface area contributed by atoms with Crippen molar-refractivity contribution in [3.63, 3.8) is 0 Å². The number of halogens is 1. The first-order valence-corrected chi connectivity index (χ1v) is 8.13. The largest absolute Gasteiger partial charge is 0.379 e. The lowest BCUT2D eigenvalue weighted by molar-refractivity contribution is -0.139. The fraction of sp³-hybridized carbons (Fsp3) is 0.500. The minimum atomic E-state index is -0.628. The van der Waals surface area contributed by atoms with Crippen LogP contribution in [0.5, 0.6) is 0 Å². The molecule has 1 heterocycles. The van der Waals surface area contributed by atoms with Crippen molar-refractivity contribution < 1.29 is 14.3 Å². The van der Waals surface area contributed by atoms with Crippen LogP contribution in [0.1, 0.15) is 12.0 Å². The highest BCUT2D eigenvalue weighted by atomic mass is 35.5. The molecule has 2 N–H and O–H groups in total. The monoisotopic (exact) mass is 339 g/mol. The molecule has 1 aromatic carbocycles. The SMILES string of the molecule is O=C(NCCCN1CCOCC1)C(=O)NCc1cccc(Cl)c1. The molecule has 23 heavy (non-hydrogen) atoms. The molecule has 1 aliphatic heterocycles. The van der Waals surface area contributed by atoms with E-state index in [1.807, 2.05) is 6.07 Å². The highest BCUT2D eigenvalue weighted by Gasteiger charge is 2.13. The quantitative estimate of drug-likeness (QED) is 0.594. The Bertz CT molecular complexity index is 533. The van der Waals surface area contributed by atoms with E-state index in [0.29, 0.717) is 11.6 Å². The van der Waals surface area contributed by atoms with Crippen molar-refractivity contribution in [1.82, 2.24) is 15.5 Å². The summed E-state index contributed by atoms with van der Waals surface area (Å²) < 4.78 is 5.27. The highest BCUT2D eigenvalue weighted by molar-refractivity contribution is 6.35. The number of hydrogen-bond acceptors (Lipinski definition) is 4. The summed E-state index contributed by atoms with van der Waals surface area (Å²) >= 11 is 5.87. The first kappa shape index (κ1) is 17.7. The van der Waals surface area contributed by atoms with Crippen LogP contribution in [-0.4, -0.2) is 56.1 Å². The van der Waals surface area contributed by atoms with Crippen LogP contribution in [0.4, 0.5) is 0 Å². The topological polar surface area (TPSA) is 70.7 Å². The zero-order valence-corrected chi connectivity index (χ0v) is 13.8. The Kier molecular flexibility index (Phi) is 7.32. The number of rotatable bonds is 6. The number of ether oxygens (including phenoxy) is 1. The van der Waals surface area contributed by atoms with Gasteiger partial charge in [0.05, 0.1) is 13.2 Å². The van der Waals surface area contributed by atoms with Gasteiger partial charge in [0.25, 0.3) is 0 Å². The van der Waals surface area contributed by atoms with Gasteiger partial charge in [0, 0.05) is 31.2 Å². The summed E-state index contributed by atoms with van der Waals surface area (Å²) in [6.07, 6.45) is 0.813. The summed E-state index contributed by atoms with van der Waals surface area (Å²) in [6.45, 7) is 5.04. The average molecular weight is 340 g/mol. The van der Waals surface area contributed by atoms with E-state index in [9.17, 15) is 9.59 Å². The summed E-state index contributed by atoms with van der Waals surface area (Å²) in [4.78, 5) is 25.7. The third kappa shape index (κ3) is 6.56. The maximum Gasteiger partial charge on any atom is 0.309 e. The maximum absolute atomic E-state index is 11.7. The lowest BCUT2D eigenvalue weighted by atomic mass is 10.2. The van der Waals surface area contributed by atoms with Gasteiger partial charge in [-0.1, -0.05) is 23.7 Å². The van der Waals surface area contributed by atoms with E-state index in [0.717, 1.165) is 44.8 Å². The van der Waals surface area contributed by atoms with Gasteiger partial charge < -0.3 is 15.4 Å². The molecule has 7 heteroatoms. The van der Waals surface area contributed by atoms with E-state index in [1.54, 1.807) is 18.2 Å². The fourth-order valence-corrected chi connectivity index (χ4v) is 2.53. The summed E-state index contributed by atoms with van der Waals surface area (Å²) in [6, 6.07) is 7.15. The standard InChI is InChI=1S/C16H22ClN3O3/c17-14-4-1-3-13(11-14)12-19-16(22)15(21)18-5-2-6-20-7-9-23-10-8-20/h1,3-4,11H,2,5-10,12H2,(H,18,21)(H,19,22). The van der Waals surface area contributed by atoms with Crippen LogP contribution < -0.4 is 10.6 Å². The molecular formula is C16H22ClN3O3. The van der Waals surface area contributed by atoms with Crippen LogP contribution >= 0.6 is 11.6 Å². The van der Waals surface area contributed by atoms with E-state index in [1.165, 1.54) is 0 Å². The van der Waals surface area contributed by atoms with E-state index in [2.05, 4.69) is 15.5 Å². The highest BCUT2D eigenvalue weighted by Crippen LogP contribution is 2.10. The first-order valence-electron chi connectivity index (χ1n) is 7.76. The molecule has 0 unspecified atom stereocenters. The third-order valence-electron chi connectivity index (χ3n) is 3.59. The molecule has 0 saturated carbocycles. The molecule has 126 valence electrons. The maximum atomic E-state index is 11.7. The molecule has 1 aromatic rings. The van der Waals surface area contributed by atoms with Gasteiger partial charge in [0.2, 0.25) is 0 Å². The molecule has 6 nitrogen and oxygen atoms in total. The Labute approximate surface area is 141 Å². The summed E-state index contributed by atoms with van der Waals surface area (Å²) in [5.74, 6) is -1.23. The molecule has 1 aliphatic rings. The lowest BCUT2D eigenvalue weighted by Crippen LogP contribution is -2.41. The van der Waals surface area contributed by atoms with Crippen molar-refractivity contribution in [3.05, 3.63) is 34.9 Å². The summed E-state index contributed by atoms with van der Waals surface area (Å²) in [5, 5.41) is 5.82. The van der Waals surface area contributed by atoms with Crippen LogP contribution in [0, 0.1) is 0 Å². The molecule has 1 fully saturated rings. The Morgan fingerprint density at radius 3 is 2.65 bits per heavy atom. The smallest absolute Gasteiger partial charge is 0.309 e. The molecular weight excluding hydrogens is 318 g/mol. The molecule has 2 rings (SSSR count). The minimum absolute atomic E-state index is 0.278. The minimum Gasteiger partial charge on any atom is -0.379 e. The molecule has 0 aromatic heterocycles. The van der Waals surface area contributed by atoms with Crippen molar-refractivity contribution in [1.29, 1.82) is 0 Å².